The molecule has 6 heteroatoms. The molecule has 1 saturated heterocycles. The number of amides is 2. The van der Waals surface area contributed by atoms with E-state index in [9.17, 15) is 9.59 Å². The monoisotopic (exact) mass is 389 g/mol. The third kappa shape index (κ3) is 7.06. The molecule has 0 spiro atoms. The van der Waals surface area contributed by atoms with Crippen LogP contribution in [0.2, 0.25) is 0 Å². The minimum absolute atomic E-state index is 0.00998. The van der Waals surface area contributed by atoms with E-state index in [1.807, 2.05) is 40.7 Å². The highest BCUT2D eigenvalue weighted by atomic mass is 16.6. The van der Waals surface area contributed by atoms with Gasteiger partial charge in [0.15, 0.2) is 0 Å². The molecule has 2 atom stereocenters. The summed E-state index contributed by atoms with van der Waals surface area (Å²) in [5, 5.41) is 5.82. The first kappa shape index (κ1) is 22.1. The number of rotatable bonds is 7. The third-order valence-electron chi connectivity index (χ3n) is 4.98. The Bertz CT molecular complexity index is 640. The largest absolute Gasteiger partial charge is 0.444 e. The number of nitrogens with zero attached hydrogens (tertiary/aromatic N) is 1. The van der Waals surface area contributed by atoms with E-state index >= 15 is 0 Å². The molecular weight excluding hydrogens is 354 g/mol. The number of hydrogen-bond donors (Lipinski definition) is 2. The molecule has 1 heterocycles. The first-order valence-electron chi connectivity index (χ1n) is 10.2. The summed E-state index contributed by atoms with van der Waals surface area (Å²) in [4.78, 5) is 26.9. The highest BCUT2D eigenvalue weighted by molar-refractivity contribution is 5.80. The molecule has 1 fully saturated rings. The number of hydrogen-bond acceptors (Lipinski definition) is 4. The number of nitrogens with one attached hydrogen (secondary N) is 2. The lowest BCUT2D eigenvalue weighted by Gasteiger charge is -2.24. The van der Waals surface area contributed by atoms with Crippen molar-refractivity contribution >= 4 is 17.7 Å². The van der Waals surface area contributed by atoms with Gasteiger partial charge >= 0.3 is 6.09 Å². The Balaban J connectivity index is 1.78. The maximum Gasteiger partial charge on any atom is 0.407 e. The van der Waals surface area contributed by atoms with Gasteiger partial charge in [0.1, 0.15) is 5.60 Å². The van der Waals surface area contributed by atoms with Crippen LogP contribution in [0.15, 0.2) is 30.3 Å². The molecular formula is C22H35N3O3. The zero-order valence-corrected chi connectivity index (χ0v) is 17.8. The quantitative estimate of drug-likeness (QED) is 0.750. The number of carbonyl (C=O) groups is 2. The molecule has 0 aromatic heterocycles. The van der Waals surface area contributed by atoms with E-state index < -0.39 is 11.7 Å². The molecule has 1 aromatic rings. The van der Waals surface area contributed by atoms with Crippen molar-refractivity contribution in [3.63, 3.8) is 0 Å². The average molecular weight is 390 g/mol. The smallest absolute Gasteiger partial charge is 0.407 e. The topological polar surface area (TPSA) is 70.7 Å². The zero-order chi connectivity index (χ0) is 20.7. The van der Waals surface area contributed by atoms with Gasteiger partial charge in [-0.15, -0.1) is 0 Å². The fourth-order valence-electron chi connectivity index (χ4n) is 3.39. The molecule has 0 aliphatic carbocycles. The van der Waals surface area contributed by atoms with E-state index in [1.165, 1.54) is 5.69 Å². The maximum absolute atomic E-state index is 12.7. The standard InChI is InChI=1S/C22H35N3O3/c1-16(2)19(14-24-21(27)28-22(3,4)5)20(26)23-13-17-11-12-25(15-17)18-9-7-6-8-10-18/h6-10,16-17,19H,11-15H2,1-5H3,(H,23,26)(H,24,27)/t17-,19-/m0/s1. The Labute approximate surface area is 169 Å². The predicted molar refractivity (Wildman–Crippen MR) is 112 cm³/mol. The molecule has 0 unspecified atom stereocenters. The van der Waals surface area contributed by atoms with Gasteiger partial charge < -0.3 is 20.3 Å². The highest BCUT2D eigenvalue weighted by Crippen LogP contribution is 2.23. The number of carbonyl (C=O) groups excluding carboxylic acids is 2. The molecule has 2 rings (SSSR count). The van der Waals surface area contributed by atoms with Crippen LogP contribution in [-0.2, 0) is 9.53 Å². The Hall–Kier alpha value is -2.24. The second-order valence-corrected chi connectivity index (χ2v) is 8.91. The van der Waals surface area contributed by atoms with E-state index in [1.54, 1.807) is 0 Å². The molecule has 1 aliphatic rings. The maximum atomic E-state index is 12.7. The average Bonchev–Trinajstić information content (AvgIpc) is 3.08. The van der Waals surface area contributed by atoms with E-state index in [0.29, 0.717) is 12.5 Å². The zero-order valence-electron chi connectivity index (χ0n) is 17.8. The van der Waals surface area contributed by atoms with E-state index in [2.05, 4.69) is 39.8 Å². The summed E-state index contributed by atoms with van der Waals surface area (Å²) in [6.07, 6.45) is 0.581. The van der Waals surface area contributed by atoms with Crippen LogP contribution in [-0.4, -0.2) is 43.8 Å². The van der Waals surface area contributed by atoms with E-state index in [-0.39, 0.29) is 24.3 Å². The molecule has 6 nitrogen and oxygen atoms in total. The normalized spacial score (nSPS) is 18.1. The molecule has 0 saturated carbocycles. The number of alkyl carbamates (subject to hydrolysis) is 1. The fourth-order valence-corrected chi connectivity index (χ4v) is 3.39. The molecule has 28 heavy (non-hydrogen) atoms. The summed E-state index contributed by atoms with van der Waals surface area (Å²) in [6, 6.07) is 10.4. The van der Waals surface area contributed by atoms with Crippen molar-refractivity contribution < 1.29 is 14.3 Å². The molecule has 156 valence electrons. The Morgan fingerprint density at radius 2 is 1.86 bits per heavy atom. The number of anilines is 1. The van der Waals surface area contributed by atoms with Crippen LogP contribution in [0.4, 0.5) is 10.5 Å². The SMILES string of the molecule is CC(C)[C@H](CNC(=O)OC(C)(C)C)C(=O)NC[C@@H]1CCN(c2ccccc2)C1. The second-order valence-electron chi connectivity index (χ2n) is 8.91. The molecule has 0 bridgehead atoms. The fraction of sp³-hybridized carbons (Fsp3) is 0.636. The van der Waals surface area contributed by atoms with Gasteiger partial charge in [-0.25, -0.2) is 4.79 Å². The summed E-state index contributed by atoms with van der Waals surface area (Å²) in [6.45, 7) is 12.3. The van der Waals surface area contributed by atoms with Gasteiger partial charge in [0.25, 0.3) is 0 Å². The Morgan fingerprint density at radius 1 is 1.18 bits per heavy atom. The lowest BCUT2D eigenvalue weighted by molar-refractivity contribution is -0.126. The summed E-state index contributed by atoms with van der Waals surface area (Å²) in [5.74, 6) is 0.276. The van der Waals surface area contributed by atoms with Crippen LogP contribution in [0.1, 0.15) is 41.0 Å². The van der Waals surface area contributed by atoms with Gasteiger partial charge in [-0.05, 0) is 51.2 Å². The van der Waals surface area contributed by atoms with Gasteiger partial charge in [-0.1, -0.05) is 32.0 Å². The summed E-state index contributed by atoms with van der Waals surface area (Å²) in [5.41, 5.74) is 0.685. The van der Waals surface area contributed by atoms with Gasteiger partial charge in [0.2, 0.25) is 5.91 Å². The Kier molecular flexibility index (Phi) is 7.72. The van der Waals surface area contributed by atoms with Crippen LogP contribution in [0, 0.1) is 17.8 Å². The predicted octanol–water partition coefficient (Wildman–Crippen LogP) is 3.43. The van der Waals surface area contributed by atoms with E-state index in [4.69, 9.17) is 4.74 Å². The molecule has 1 aliphatic heterocycles. The highest BCUT2D eigenvalue weighted by Gasteiger charge is 2.27. The Morgan fingerprint density at radius 3 is 2.46 bits per heavy atom. The molecule has 2 amide bonds. The number of para-hydroxylation sites is 1. The summed E-state index contributed by atoms with van der Waals surface area (Å²) >= 11 is 0. The summed E-state index contributed by atoms with van der Waals surface area (Å²) in [7, 11) is 0. The minimum Gasteiger partial charge on any atom is -0.444 e. The lowest BCUT2D eigenvalue weighted by Crippen LogP contribution is -2.44. The van der Waals surface area contributed by atoms with Crippen molar-refractivity contribution in [2.45, 2.75) is 46.6 Å². The van der Waals surface area contributed by atoms with Crippen LogP contribution in [0.25, 0.3) is 0 Å². The molecule has 2 N–H and O–H groups in total. The number of benzene rings is 1. The van der Waals surface area contributed by atoms with Crippen molar-refractivity contribution in [2.24, 2.45) is 17.8 Å². The van der Waals surface area contributed by atoms with Crippen LogP contribution in [0.5, 0.6) is 0 Å². The molecule has 0 radical (unpaired) electrons. The van der Waals surface area contributed by atoms with Crippen LogP contribution < -0.4 is 15.5 Å². The van der Waals surface area contributed by atoms with Gasteiger partial charge in [-0.3, -0.25) is 4.79 Å². The molecule has 1 aromatic carbocycles. The van der Waals surface area contributed by atoms with Crippen molar-refractivity contribution in [3.8, 4) is 0 Å². The van der Waals surface area contributed by atoms with Crippen molar-refractivity contribution in [2.75, 3.05) is 31.1 Å². The van der Waals surface area contributed by atoms with Crippen molar-refractivity contribution in [3.05, 3.63) is 30.3 Å². The van der Waals surface area contributed by atoms with Crippen LogP contribution in [0.3, 0.4) is 0 Å². The first-order valence-corrected chi connectivity index (χ1v) is 10.2. The first-order chi connectivity index (χ1) is 13.2. The third-order valence-corrected chi connectivity index (χ3v) is 4.98. The van der Waals surface area contributed by atoms with Crippen LogP contribution >= 0.6 is 0 Å². The van der Waals surface area contributed by atoms with Gasteiger partial charge in [-0.2, -0.15) is 0 Å². The number of ether oxygens (including phenoxy) is 1. The van der Waals surface area contributed by atoms with Crippen molar-refractivity contribution in [1.29, 1.82) is 0 Å². The van der Waals surface area contributed by atoms with Crippen molar-refractivity contribution in [1.82, 2.24) is 10.6 Å². The van der Waals surface area contributed by atoms with E-state index in [0.717, 1.165) is 19.5 Å². The minimum atomic E-state index is -0.549. The van der Waals surface area contributed by atoms with Gasteiger partial charge in [0, 0.05) is 31.9 Å². The summed E-state index contributed by atoms with van der Waals surface area (Å²) < 4.78 is 5.26. The lowest BCUT2D eigenvalue weighted by atomic mass is 9.94. The van der Waals surface area contributed by atoms with Gasteiger partial charge in [0.05, 0.1) is 5.92 Å². The second kappa shape index (κ2) is 9.80.